The number of carbonyl (C=O) groups excluding carboxylic acids is 1. The monoisotopic (exact) mass is 263 g/mol. The summed E-state index contributed by atoms with van der Waals surface area (Å²) in [6, 6.07) is 3.45. The van der Waals surface area contributed by atoms with Crippen LogP contribution in [-0.4, -0.2) is 30.6 Å². The number of ether oxygens (including phenoxy) is 1. The molecule has 5 nitrogen and oxygen atoms in total. The van der Waals surface area contributed by atoms with Gasteiger partial charge in [-0.2, -0.15) is 0 Å². The van der Waals surface area contributed by atoms with Crippen LogP contribution in [0.25, 0.3) is 0 Å². The molecular weight excluding hydrogens is 242 g/mol. The summed E-state index contributed by atoms with van der Waals surface area (Å²) in [7, 11) is 0. The summed E-state index contributed by atoms with van der Waals surface area (Å²) in [6.45, 7) is 4.76. The number of hydrogen-bond donors (Lipinski definition) is 2. The number of nitrogens with one attached hydrogen (secondary N) is 1. The van der Waals surface area contributed by atoms with E-state index in [0.717, 1.165) is 31.7 Å². The highest BCUT2D eigenvalue weighted by Gasteiger charge is 2.27. The van der Waals surface area contributed by atoms with Gasteiger partial charge in [0.15, 0.2) is 0 Å². The summed E-state index contributed by atoms with van der Waals surface area (Å²) in [5.41, 5.74) is 7.00. The minimum absolute atomic E-state index is 0.0650. The Labute approximate surface area is 113 Å². The van der Waals surface area contributed by atoms with Crippen LogP contribution < -0.4 is 11.1 Å². The van der Waals surface area contributed by atoms with E-state index in [1.807, 2.05) is 0 Å². The molecule has 1 fully saturated rings. The van der Waals surface area contributed by atoms with Crippen LogP contribution in [0.1, 0.15) is 35.8 Å². The van der Waals surface area contributed by atoms with Gasteiger partial charge in [-0.3, -0.25) is 9.78 Å². The lowest BCUT2D eigenvalue weighted by Crippen LogP contribution is -2.39. The van der Waals surface area contributed by atoms with Gasteiger partial charge in [-0.05, 0) is 30.4 Å². The minimum atomic E-state index is -0.0650. The molecule has 0 atom stereocenters. The standard InChI is InChI=1S/C14H21N3O2/c1-14(3-6-19-7-4-14)10-17-13(18)11-2-5-16-12(8-11)9-15/h2,5,8H,3-4,6-7,9-10,15H2,1H3,(H,17,18). The molecule has 0 bridgehead atoms. The van der Waals surface area contributed by atoms with E-state index >= 15 is 0 Å². The summed E-state index contributed by atoms with van der Waals surface area (Å²) in [5, 5.41) is 3.00. The molecular formula is C14H21N3O2. The van der Waals surface area contributed by atoms with E-state index in [9.17, 15) is 4.79 Å². The number of carbonyl (C=O) groups is 1. The fourth-order valence-electron chi connectivity index (χ4n) is 2.17. The van der Waals surface area contributed by atoms with Crippen molar-refractivity contribution in [3.63, 3.8) is 0 Å². The van der Waals surface area contributed by atoms with Crippen LogP contribution in [0.5, 0.6) is 0 Å². The molecule has 1 saturated heterocycles. The fourth-order valence-corrected chi connectivity index (χ4v) is 2.17. The molecule has 2 heterocycles. The molecule has 1 amide bonds. The Balaban J connectivity index is 1.93. The third-order valence-electron chi connectivity index (χ3n) is 3.66. The first-order chi connectivity index (χ1) is 9.13. The van der Waals surface area contributed by atoms with E-state index in [1.165, 1.54) is 0 Å². The molecule has 1 aromatic rings. The Kier molecular flexibility index (Phi) is 4.50. The van der Waals surface area contributed by atoms with Crippen molar-refractivity contribution < 1.29 is 9.53 Å². The van der Waals surface area contributed by atoms with Crippen molar-refractivity contribution >= 4 is 5.91 Å². The van der Waals surface area contributed by atoms with E-state index in [0.29, 0.717) is 18.7 Å². The first-order valence-electron chi connectivity index (χ1n) is 6.64. The smallest absolute Gasteiger partial charge is 0.251 e. The lowest BCUT2D eigenvalue weighted by molar-refractivity contribution is 0.0238. The van der Waals surface area contributed by atoms with Crippen LogP contribution >= 0.6 is 0 Å². The maximum atomic E-state index is 12.1. The number of aromatic nitrogens is 1. The second kappa shape index (κ2) is 6.12. The van der Waals surface area contributed by atoms with Gasteiger partial charge in [-0.25, -0.2) is 0 Å². The number of hydrogen-bond acceptors (Lipinski definition) is 4. The van der Waals surface area contributed by atoms with Gasteiger partial charge in [0.2, 0.25) is 0 Å². The second-order valence-corrected chi connectivity index (χ2v) is 5.35. The summed E-state index contributed by atoms with van der Waals surface area (Å²) < 4.78 is 5.35. The molecule has 0 saturated carbocycles. The Bertz CT molecular complexity index is 442. The summed E-state index contributed by atoms with van der Waals surface area (Å²) in [5.74, 6) is -0.0650. The Morgan fingerprint density at radius 1 is 1.53 bits per heavy atom. The predicted octanol–water partition coefficient (Wildman–Crippen LogP) is 1.09. The number of nitrogens with zero attached hydrogens (tertiary/aromatic N) is 1. The Morgan fingerprint density at radius 3 is 2.95 bits per heavy atom. The van der Waals surface area contributed by atoms with Crippen LogP contribution in [0, 0.1) is 5.41 Å². The van der Waals surface area contributed by atoms with Crippen molar-refractivity contribution in [3.8, 4) is 0 Å². The molecule has 0 unspecified atom stereocenters. The average molecular weight is 263 g/mol. The third-order valence-corrected chi connectivity index (χ3v) is 3.66. The second-order valence-electron chi connectivity index (χ2n) is 5.35. The maximum Gasteiger partial charge on any atom is 0.251 e. The molecule has 1 aliphatic heterocycles. The van der Waals surface area contributed by atoms with Crippen LogP contribution in [0.4, 0.5) is 0 Å². The van der Waals surface area contributed by atoms with E-state index in [-0.39, 0.29) is 11.3 Å². The van der Waals surface area contributed by atoms with Gasteiger partial charge in [0.1, 0.15) is 0 Å². The Morgan fingerprint density at radius 2 is 2.26 bits per heavy atom. The molecule has 0 spiro atoms. The van der Waals surface area contributed by atoms with Crippen molar-refractivity contribution in [2.45, 2.75) is 26.3 Å². The zero-order valence-corrected chi connectivity index (χ0v) is 11.3. The number of rotatable bonds is 4. The van der Waals surface area contributed by atoms with Crippen LogP contribution in [-0.2, 0) is 11.3 Å². The molecule has 19 heavy (non-hydrogen) atoms. The van der Waals surface area contributed by atoms with Gasteiger partial charge in [-0.1, -0.05) is 6.92 Å². The lowest BCUT2D eigenvalue weighted by Gasteiger charge is -2.33. The van der Waals surface area contributed by atoms with Gasteiger partial charge in [0.25, 0.3) is 5.91 Å². The zero-order valence-electron chi connectivity index (χ0n) is 11.3. The summed E-state index contributed by atoms with van der Waals surface area (Å²) in [4.78, 5) is 16.2. The SMILES string of the molecule is CC1(CNC(=O)c2ccnc(CN)c2)CCOCC1. The first kappa shape index (κ1) is 14.0. The summed E-state index contributed by atoms with van der Waals surface area (Å²) >= 11 is 0. The van der Waals surface area contributed by atoms with Crippen molar-refractivity contribution in [2.24, 2.45) is 11.1 Å². The van der Waals surface area contributed by atoms with Gasteiger partial charge in [-0.15, -0.1) is 0 Å². The molecule has 0 radical (unpaired) electrons. The number of amides is 1. The third kappa shape index (κ3) is 3.75. The molecule has 5 heteroatoms. The van der Waals surface area contributed by atoms with Crippen molar-refractivity contribution in [1.82, 2.24) is 10.3 Å². The molecule has 0 aliphatic carbocycles. The quantitative estimate of drug-likeness (QED) is 0.852. The zero-order chi connectivity index (χ0) is 13.7. The molecule has 1 aromatic heterocycles. The van der Waals surface area contributed by atoms with Crippen molar-refractivity contribution in [1.29, 1.82) is 0 Å². The fraction of sp³-hybridized carbons (Fsp3) is 0.571. The predicted molar refractivity (Wildman–Crippen MR) is 72.6 cm³/mol. The van der Waals surface area contributed by atoms with Gasteiger partial charge < -0.3 is 15.8 Å². The van der Waals surface area contributed by atoms with Gasteiger partial charge in [0, 0.05) is 38.1 Å². The van der Waals surface area contributed by atoms with Crippen LogP contribution in [0.3, 0.4) is 0 Å². The molecule has 0 aromatic carbocycles. The van der Waals surface area contributed by atoms with E-state index < -0.39 is 0 Å². The van der Waals surface area contributed by atoms with Crippen molar-refractivity contribution in [2.75, 3.05) is 19.8 Å². The molecule has 1 aliphatic rings. The molecule has 2 rings (SSSR count). The normalized spacial score (nSPS) is 18.0. The minimum Gasteiger partial charge on any atom is -0.381 e. The largest absolute Gasteiger partial charge is 0.381 e. The highest BCUT2D eigenvalue weighted by atomic mass is 16.5. The van der Waals surface area contributed by atoms with Crippen LogP contribution in [0.2, 0.25) is 0 Å². The lowest BCUT2D eigenvalue weighted by atomic mass is 9.82. The number of pyridine rings is 1. The molecule has 104 valence electrons. The number of nitrogens with two attached hydrogens (primary N) is 1. The van der Waals surface area contributed by atoms with Crippen molar-refractivity contribution in [3.05, 3.63) is 29.6 Å². The highest BCUT2D eigenvalue weighted by Crippen LogP contribution is 2.28. The Hall–Kier alpha value is -1.46. The summed E-state index contributed by atoms with van der Waals surface area (Å²) in [6.07, 6.45) is 3.59. The van der Waals surface area contributed by atoms with Gasteiger partial charge in [0.05, 0.1) is 5.69 Å². The first-order valence-corrected chi connectivity index (χ1v) is 6.64. The van der Waals surface area contributed by atoms with E-state index in [2.05, 4.69) is 17.2 Å². The van der Waals surface area contributed by atoms with E-state index in [4.69, 9.17) is 10.5 Å². The average Bonchev–Trinajstić information content (AvgIpc) is 2.46. The highest BCUT2D eigenvalue weighted by molar-refractivity contribution is 5.94. The maximum absolute atomic E-state index is 12.1. The molecule has 3 N–H and O–H groups in total. The van der Waals surface area contributed by atoms with Gasteiger partial charge >= 0.3 is 0 Å². The van der Waals surface area contributed by atoms with Crippen LogP contribution in [0.15, 0.2) is 18.3 Å². The van der Waals surface area contributed by atoms with E-state index in [1.54, 1.807) is 18.3 Å². The topological polar surface area (TPSA) is 77.2 Å².